The Labute approximate surface area is 115 Å². The van der Waals surface area contributed by atoms with Gasteiger partial charge in [-0.1, -0.05) is 34.5 Å². The van der Waals surface area contributed by atoms with Crippen LogP contribution in [0.25, 0.3) is 11.3 Å². The SMILES string of the molecule is Brc1ccc(-c2cnc(C3CCCCN3)[nH]2)cc1. The van der Waals surface area contributed by atoms with Gasteiger partial charge in [0.05, 0.1) is 17.9 Å². The van der Waals surface area contributed by atoms with Crippen LogP contribution in [0.4, 0.5) is 0 Å². The predicted molar refractivity (Wildman–Crippen MR) is 76.3 cm³/mol. The molecule has 2 aromatic rings. The smallest absolute Gasteiger partial charge is 0.123 e. The Kier molecular flexibility index (Phi) is 3.48. The lowest BCUT2D eigenvalue weighted by molar-refractivity contribution is 0.399. The van der Waals surface area contributed by atoms with Crippen molar-refractivity contribution >= 4 is 15.9 Å². The number of piperidine rings is 1. The molecule has 4 heteroatoms. The largest absolute Gasteiger partial charge is 0.341 e. The first-order valence-corrected chi connectivity index (χ1v) is 7.16. The zero-order valence-electron chi connectivity index (χ0n) is 10.1. The van der Waals surface area contributed by atoms with Crippen molar-refractivity contribution in [3.63, 3.8) is 0 Å². The van der Waals surface area contributed by atoms with Crippen molar-refractivity contribution in [3.05, 3.63) is 40.8 Å². The Morgan fingerprint density at radius 1 is 1.17 bits per heavy atom. The molecule has 3 nitrogen and oxygen atoms in total. The maximum Gasteiger partial charge on any atom is 0.123 e. The minimum Gasteiger partial charge on any atom is -0.341 e. The molecule has 0 amide bonds. The monoisotopic (exact) mass is 305 g/mol. The van der Waals surface area contributed by atoms with Gasteiger partial charge in [-0.25, -0.2) is 4.98 Å². The number of nitrogens with zero attached hydrogens (tertiary/aromatic N) is 1. The number of rotatable bonds is 2. The van der Waals surface area contributed by atoms with Gasteiger partial charge in [-0.05, 0) is 37.1 Å². The fraction of sp³-hybridized carbons (Fsp3) is 0.357. The van der Waals surface area contributed by atoms with Gasteiger partial charge in [0.25, 0.3) is 0 Å². The lowest BCUT2D eigenvalue weighted by Gasteiger charge is -2.21. The molecule has 1 aliphatic rings. The summed E-state index contributed by atoms with van der Waals surface area (Å²) < 4.78 is 1.10. The van der Waals surface area contributed by atoms with E-state index in [0.717, 1.165) is 22.5 Å². The van der Waals surface area contributed by atoms with Gasteiger partial charge in [-0.2, -0.15) is 0 Å². The van der Waals surface area contributed by atoms with Crippen LogP contribution in [-0.2, 0) is 0 Å². The third kappa shape index (κ3) is 2.49. The first kappa shape index (κ1) is 11.9. The van der Waals surface area contributed by atoms with E-state index in [-0.39, 0.29) is 0 Å². The number of H-pyrrole nitrogens is 1. The lowest BCUT2D eigenvalue weighted by Crippen LogP contribution is -2.27. The van der Waals surface area contributed by atoms with Crippen LogP contribution in [0.5, 0.6) is 0 Å². The molecule has 18 heavy (non-hydrogen) atoms. The third-order valence-corrected chi connectivity index (χ3v) is 3.92. The molecule has 1 aliphatic heterocycles. The van der Waals surface area contributed by atoms with Gasteiger partial charge in [-0.15, -0.1) is 0 Å². The summed E-state index contributed by atoms with van der Waals surface area (Å²) in [5.41, 5.74) is 2.26. The topological polar surface area (TPSA) is 40.7 Å². The molecule has 0 radical (unpaired) electrons. The molecule has 0 spiro atoms. The molecule has 1 unspecified atom stereocenters. The molecular weight excluding hydrogens is 290 g/mol. The quantitative estimate of drug-likeness (QED) is 0.889. The third-order valence-electron chi connectivity index (χ3n) is 3.39. The fourth-order valence-electron chi connectivity index (χ4n) is 2.38. The van der Waals surface area contributed by atoms with Gasteiger partial charge >= 0.3 is 0 Å². The number of hydrogen-bond acceptors (Lipinski definition) is 2. The molecule has 1 atom stereocenters. The van der Waals surface area contributed by atoms with Crippen LogP contribution in [0.1, 0.15) is 31.1 Å². The minimum atomic E-state index is 0.392. The van der Waals surface area contributed by atoms with E-state index in [1.807, 2.05) is 6.20 Å². The van der Waals surface area contributed by atoms with Crippen LogP contribution in [-0.4, -0.2) is 16.5 Å². The molecule has 0 aliphatic carbocycles. The van der Waals surface area contributed by atoms with Crippen molar-refractivity contribution in [1.29, 1.82) is 0 Å². The molecule has 0 saturated carbocycles. The zero-order valence-corrected chi connectivity index (χ0v) is 11.7. The number of imidazole rings is 1. The summed E-state index contributed by atoms with van der Waals surface area (Å²) in [6, 6.07) is 8.68. The van der Waals surface area contributed by atoms with E-state index in [1.54, 1.807) is 0 Å². The van der Waals surface area contributed by atoms with Gasteiger partial charge < -0.3 is 10.3 Å². The van der Waals surface area contributed by atoms with Crippen molar-refractivity contribution in [2.75, 3.05) is 6.54 Å². The Morgan fingerprint density at radius 3 is 2.72 bits per heavy atom. The van der Waals surface area contributed by atoms with Crippen molar-refractivity contribution in [2.45, 2.75) is 25.3 Å². The van der Waals surface area contributed by atoms with Gasteiger partial charge in [0.2, 0.25) is 0 Å². The standard InChI is InChI=1S/C14H16BrN3/c15-11-6-4-10(5-7-11)13-9-17-14(18-13)12-3-1-2-8-16-12/h4-7,9,12,16H,1-3,8H2,(H,17,18). The van der Waals surface area contributed by atoms with E-state index in [2.05, 4.69) is 55.5 Å². The first-order valence-electron chi connectivity index (χ1n) is 6.37. The average Bonchev–Trinajstić information content (AvgIpc) is 2.90. The summed E-state index contributed by atoms with van der Waals surface area (Å²) in [6.45, 7) is 1.10. The van der Waals surface area contributed by atoms with Crippen LogP contribution < -0.4 is 5.32 Å². The summed E-state index contributed by atoms with van der Waals surface area (Å²) in [4.78, 5) is 7.94. The highest BCUT2D eigenvalue weighted by molar-refractivity contribution is 9.10. The van der Waals surface area contributed by atoms with Crippen molar-refractivity contribution in [3.8, 4) is 11.3 Å². The number of halogens is 1. The van der Waals surface area contributed by atoms with Gasteiger partial charge in [0, 0.05) is 4.47 Å². The van der Waals surface area contributed by atoms with Gasteiger partial charge in [0.1, 0.15) is 5.82 Å². The number of nitrogens with one attached hydrogen (secondary N) is 2. The predicted octanol–water partition coefficient (Wildman–Crippen LogP) is 3.65. The second kappa shape index (κ2) is 5.24. The molecule has 1 fully saturated rings. The van der Waals surface area contributed by atoms with Crippen molar-refractivity contribution in [2.24, 2.45) is 0 Å². The van der Waals surface area contributed by atoms with E-state index in [9.17, 15) is 0 Å². The lowest BCUT2D eigenvalue weighted by atomic mass is 10.0. The van der Waals surface area contributed by atoms with Crippen LogP contribution in [0, 0.1) is 0 Å². The molecule has 2 heterocycles. The summed E-state index contributed by atoms with van der Waals surface area (Å²) in [7, 11) is 0. The molecule has 1 aromatic carbocycles. The Hall–Kier alpha value is -1.13. The summed E-state index contributed by atoms with van der Waals surface area (Å²) in [5.74, 6) is 1.06. The number of aromatic amines is 1. The van der Waals surface area contributed by atoms with E-state index in [0.29, 0.717) is 6.04 Å². The maximum absolute atomic E-state index is 4.51. The molecule has 94 valence electrons. The van der Waals surface area contributed by atoms with Gasteiger partial charge in [0.15, 0.2) is 0 Å². The Morgan fingerprint density at radius 2 is 2.00 bits per heavy atom. The summed E-state index contributed by atoms with van der Waals surface area (Å²) >= 11 is 3.45. The van der Waals surface area contributed by atoms with E-state index in [4.69, 9.17) is 0 Å². The Bertz CT molecular complexity index is 512. The highest BCUT2D eigenvalue weighted by Gasteiger charge is 2.17. The average molecular weight is 306 g/mol. The molecular formula is C14H16BrN3. The van der Waals surface area contributed by atoms with E-state index >= 15 is 0 Å². The van der Waals surface area contributed by atoms with Crippen LogP contribution in [0.15, 0.2) is 34.9 Å². The highest BCUT2D eigenvalue weighted by atomic mass is 79.9. The van der Waals surface area contributed by atoms with Gasteiger partial charge in [-0.3, -0.25) is 0 Å². The van der Waals surface area contributed by atoms with Crippen molar-refractivity contribution < 1.29 is 0 Å². The second-order valence-electron chi connectivity index (χ2n) is 4.69. The van der Waals surface area contributed by atoms with Crippen molar-refractivity contribution in [1.82, 2.24) is 15.3 Å². The Balaban J connectivity index is 1.82. The molecule has 3 rings (SSSR count). The first-order chi connectivity index (χ1) is 8.83. The molecule has 2 N–H and O–H groups in total. The zero-order chi connectivity index (χ0) is 12.4. The second-order valence-corrected chi connectivity index (χ2v) is 5.61. The summed E-state index contributed by atoms with van der Waals surface area (Å²) in [6.07, 6.45) is 5.66. The number of aromatic nitrogens is 2. The number of hydrogen-bond donors (Lipinski definition) is 2. The number of benzene rings is 1. The molecule has 1 saturated heterocycles. The van der Waals surface area contributed by atoms with Crippen LogP contribution in [0.2, 0.25) is 0 Å². The van der Waals surface area contributed by atoms with Crippen LogP contribution in [0.3, 0.4) is 0 Å². The normalized spacial score (nSPS) is 19.9. The minimum absolute atomic E-state index is 0.392. The van der Waals surface area contributed by atoms with Crippen LogP contribution >= 0.6 is 15.9 Å². The fourth-order valence-corrected chi connectivity index (χ4v) is 2.64. The van der Waals surface area contributed by atoms with E-state index in [1.165, 1.54) is 24.8 Å². The van der Waals surface area contributed by atoms with E-state index < -0.39 is 0 Å². The molecule has 1 aromatic heterocycles. The summed E-state index contributed by atoms with van der Waals surface area (Å²) in [5, 5.41) is 3.51. The highest BCUT2D eigenvalue weighted by Crippen LogP contribution is 2.24. The molecule has 0 bridgehead atoms. The maximum atomic E-state index is 4.51.